The van der Waals surface area contributed by atoms with E-state index in [9.17, 15) is 0 Å². The lowest BCUT2D eigenvalue weighted by Gasteiger charge is -2.29. The first-order valence-corrected chi connectivity index (χ1v) is 8.11. The van der Waals surface area contributed by atoms with Crippen LogP contribution in [-0.4, -0.2) is 49.9 Å². The summed E-state index contributed by atoms with van der Waals surface area (Å²) in [7, 11) is 1.92. The molecule has 4 rings (SSSR count). The number of morpholine rings is 1. The molecular weight excluding hydrogens is 290 g/mol. The van der Waals surface area contributed by atoms with E-state index in [2.05, 4.69) is 27.7 Å². The second-order valence-corrected chi connectivity index (χ2v) is 5.80. The van der Waals surface area contributed by atoms with Crippen LogP contribution in [0.4, 0.5) is 17.2 Å². The number of hydrogen-bond acceptors (Lipinski definition) is 6. The molecule has 2 N–H and O–H groups in total. The summed E-state index contributed by atoms with van der Waals surface area (Å²) in [6, 6.07) is 8.23. The van der Waals surface area contributed by atoms with Gasteiger partial charge in [0.25, 0.3) is 0 Å². The van der Waals surface area contributed by atoms with E-state index < -0.39 is 0 Å². The zero-order chi connectivity index (χ0) is 15.6. The fraction of sp³-hybridized carbons (Fsp3) is 0.412. The molecule has 0 saturated carbocycles. The van der Waals surface area contributed by atoms with Gasteiger partial charge in [0.2, 0.25) is 0 Å². The maximum Gasteiger partial charge on any atom is 0.162 e. The molecule has 2 aliphatic heterocycles. The number of nitrogens with zero attached hydrogens (tertiary/aromatic N) is 3. The molecular formula is C17H21N5O. The average Bonchev–Trinajstić information content (AvgIpc) is 3.10. The minimum atomic E-state index is 0.753. The lowest BCUT2D eigenvalue weighted by Crippen LogP contribution is -2.37. The van der Waals surface area contributed by atoms with Crippen LogP contribution in [0.3, 0.4) is 0 Å². The van der Waals surface area contributed by atoms with Gasteiger partial charge in [-0.3, -0.25) is 0 Å². The van der Waals surface area contributed by atoms with Crippen LogP contribution >= 0.6 is 0 Å². The summed E-state index contributed by atoms with van der Waals surface area (Å²) in [5, 5.41) is 6.62. The number of fused-ring (bicyclic) bond motifs is 1. The van der Waals surface area contributed by atoms with Gasteiger partial charge in [0, 0.05) is 44.4 Å². The van der Waals surface area contributed by atoms with E-state index in [4.69, 9.17) is 14.7 Å². The summed E-state index contributed by atoms with van der Waals surface area (Å²) in [5.41, 5.74) is 4.32. The zero-order valence-corrected chi connectivity index (χ0v) is 13.3. The number of rotatable bonds is 3. The predicted molar refractivity (Wildman–Crippen MR) is 92.2 cm³/mol. The van der Waals surface area contributed by atoms with Crippen molar-refractivity contribution in [3.8, 4) is 11.4 Å². The molecule has 0 spiro atoms. The first kappa shape index (κ1) is 14.3. The van der Waals surface area contributed by atoms with Crippen molar-refractivity contribution < 1.29 is 4.74 Å². The largest absolute Gasteiger partial charge is 0.388 e. The zero-order valence-electron chi connectivity index (χ0n) is 13.3. The van der Waals surface area contributed by atoms with Crippen LogP contribution in [0.25, 0.3) is 11.4 Å². The number of aromatic nitrogens is 2. The molecule has 0 bridgehead atoms. The van der Waals surface area contributed by atoms with Crippen LogP contribution in [0.2, 0.25) is 0 Å². The Morgan fingerprint density at radius 2 is 2.09 bits per heavy atom. The summed E-state index contributed by atoms with van der Waals surface area (Å²) in [6.07, 6.45) is 0.952. The summed E-state index contributed by atoms with van der Waals surface area (Å²) in [5.74, 6) is 1.81. The van der Waals surface area contributed by atoms with E-state index in [1.807, 2.05) is 19.2 Å². The Morgan fingerprint density at radius 3 is 2.91 bits per heavy atom. The van der Waals surface area contributed by atoms with Crippen molar-refractivity contribution >= 4 is 17.2 Å². The normalized spacial score (nSPS) is 16.8. The van der Waals surface area contributed by atoms with E-state index in [0.717, 1.165) is 73.5 Å². The van der Waals surface area contributed by atoms with Crippen LogP contribution in [0.5, 0.6) is 0 Å². The van der Waals surface area contributed by atoms with Crippen LogP contribution in [-0.2, 0) is 11.2 Å². The van der Waals surface area contributed by atoms with Gasteiger partial charge < -0.3 is 20.3 Å². The molecule has 1 aromatic heterocycles. The van der Waals surface area contributed by atoms with Crippen LogP contribution < -0.4 is 15.5 Å². The second kappa shape index (κ2) is 6.04. The standard InChI is InChI=1S/C17H21N5O/c1-18-13-4-2-3-12(11-13)16-20-14-5-6-19-15(14)17(21-16)22-7-9-23-10-8-22/h2-4,11,18-19H,5-10H2,1H3. The van der Waals surface area contributed by atoms with Gasteiger partial charge in [0.05, 0.1) is 24.6 Å². The van der Waals surface area contributed by atoms with Gasteiger partial charge in [-0.2, -0.15) is 0 Å². The predicted octanol–water partition coefficient (Wildman–Crippen LogP) is 1.99. The molecule has 0 atom stereocenters. The van der Waals surface area contributed by atoms with E-state index in [1.165, 1.54) is 0 Å². The smallest absolute Gasteiger partial charge is 0.162 e. The third kappa shape index (κ3) is 2.70. The Balaban J connectivity index is 1.78. The fourth-order valence-corrected chi connectivity index (χ4v) is 3.11. The highest BCUT2D eigenvalue weighted by Crippen LogP contribution is 2.33. The van der Waals surface area contributed by atoms with Crippen molar-refractivity contribution in [1.29, 1.82) is 0 Å². The Hall–Kier alpha value is -2.34. The van der Waals surface area contributed by atoms with Gasteiger partial charge in [-0.25, -0.2) is 9.97 Å². The van der Waals surface area contributed by atoms with E-state index >= 15 is 0 Å². The molecule has 0 aliphatic carbocycles. The number of ether oxygens (including phenoxy) is 1. The first-order chi connectivity index (χ1) is 11.3. The maximum absolute atomic E-state index is 5.47. The Kier molecular flexibility index (Phi) is 3.75. The van der Waals surface area contributed by atoms with Gasteiger partial charge in [0.1, 0.15) is 0 Å². The SMILES string of the molecule is CNc1cccc(-c2nc3c(c(N4CCOCC4)n2)NCC3)c1. The van der Waals surface area contributed by atoms with Gasteiger partial charge >= 0.3 is 0 Å². The minimum Gasteiger partial charge on any atom is -0.388 e. The molecule has 23 heavy (non-hydrogen) atoms. The first-order valence-electron chi connectivity index (χ1n) is 8.11. The molecule has 3 heterocycles. The molecule has 2 aromatic rings. The maximum atomic E-state index is 5.47. The molecule has 2 aliphatic rings. The molecule has 0 amide bonds. The van der Waals surface area contributed by atoms with Crippen molar-refractivity contribution in [3.05, 3.63) is 30.0 Å². The van der Waals surface area contributed by atoms with Crippen molar-refractivity contribution in [2.24, 2.45) is 0 Å². The van der Waals surface area contributed by atoms with Crippen LogP contribution in [0, 0.1) is 0 Å². The number of anilines is 3. The minimum absolute atomic E-state index is 0.753. The van der Waals surface area contributed by atoms with E-state index in [1.54, 1.807) is 0 Å². The molecule has 1 fully saturated rings. The van der Waals surface area contributed by atoms with Crippen LogP contribution in [0.15, 0.2) is 24.3 Å². The molecule has 6 nitrogen and oxygen atoms in total. The lowest BCUT2D eigenvalue weighted by atomic mass is 10.1. The average molecular weight is 311 g/mol. The monoisotopic (exact) mass is 311 g/mol. The molecule has 1 aromatic carbocycles. The van der Waals surface area contributed by atoms with Crippen molar-refractivity contribution in [2.45, 2.75) is 6.42 Å². The van der Waals surface area contributed by atoms with Crippen LogP contribution in [0.1, 0.15) is 5.69 Å². The third-order valence-electron chi connectivity index (χ3n) is 4.35. The van der Waals surface area contributed by atoms with Gasteiger partial charge in [-0.15, -0.1) is 0 Å². The number of hydrogen-bond donors (Lipinski definition) is 2. The molecule has 1 saturated heterocycles. The van der Waals surface area contributed by atoms with Gasteiger partial charge in [-0.1, -0.05) is 12.1 Å². The van der Waals surface area contributed by atoms with Gasteiger partial charge in [-0.05, 0) is 12.1 Å². The summed E-state index contributed by atoms with van der Waals surface area (Å²) in [6.45, 7) is 4.19. The van der Waals surface area contributed by atoms with E-state index in [0.29, 0.717) is 0 Å². The van der Waals surface area contributed by atoms with E-state index in [-0.39, 0.29) is 0 Å². The Labute approximate surface area is 135 Å². The molecule has 120 valence electrons. The Bertz CT molecular complexity index is 712. The van der Waals surface area contributed by atoms with Crippen molar-refractivity contribution in [2.75, 3.05) is 55.4 Å². The Morgan fingerprint density at radius 1 is 1.22 bits per heavy atom. The summed E-state index contributed by atoms with van der Waals surface area (Å²) >= 11 is 0. The molecule has 0 radical (unpaired) electrons. The highest BCUT2D eigenvalue weighted by molar-refractivity contribution is 5.74. The summed E-state index contributed by atoms with van der Waals surface area (Å²) in [4.78, 5) is 12.0. The fourth-order valence-electron chi connectivity index (χ4n) is 3.11. The van der Waals surface area contributed by atoms with Gasteiger partial charge in [0.15, 0.2) is 11.6 Å². The number of benzene rings is 1. The third-order valence-corrected chi connectivity index (χ3v) is 4.35. The quantitative estimate of drug-likeness (QED) is 0.904. The second-order valence-electron chi connectivity index (χ2n) is 5.80. The highest BCUT2D eigenvalue weighted by atomic mass is 16.5. The lowest BCUT2D eigenvalue weighted by molar-refractivity contribution is 0.122. The summed E-state index contributed by atoms with van der Waals surface area (Å²) < 4.78 is 5.47. The topological polar surface area (TPSA) is 62.3 Å². The molecule has 0 unspecified atom stereocenters. The van der Waals surface area contributed by atoms with Crippen molar-refractivity contribution in [1.82, 2.24) is 9.97 Å². The number of nitrogens with one attached hydrogen (secondary N) is 2. The van der Waals surface area contributed by atoms with Crippen molar-refractivity contribution in [3.63, 3.8) is 0 Å². The molecule has 6 heteroatoms. The highest BCUT2D eigenvalue weighted by Gasteiger charge is 2.24.